The number of ether oxygens (including phenoxy) is 1. The normalized spacial score (nSPS) is 11.8. The quantitative estimate of drug-likeness (QED) is 0.692. The van der Waals surface area contributed by atoms with E-state index < -0.39 is 21.8 Å². The highest BCUT2D eigenvalue weighted by Crippen LogP contribution is 2.21. The van der Waals surface area contributed by atoms with Crippen LogP contribution < -0.4 is 0 Å². The van der Waals surface area contributed by atoms with Crippen molar-refractivity contribution in [3.8, 4) is 0 Å². The average Bonchev–Trinajstić information content (AvgIpc) is 2.60. The van der Waals surface area contributed by atoms with Crippen molar-refractivity contribution in [3.63, 3.8) is 0 Å². The Balaban J connectivity index is 2.21. The molecule has 0 N–H and O–H groups in total. The Morgan fingerprint density at radius 1 is 1.23 bits per heavy atom. The van der Waals surface area contributed by atoms with Crippen molar-refractivity contribution in [2.24, 2.45) is 0 Å². The van der Waals surface area contributed by atoms with E-state index in [9.17, 15) is 17.6 Å². The highest BCUT2D eigenvalue weighted by atomic mass is 35.5. The Kier molecular flexibility index (Phi) is 6.39. The number of sulfonamides is 1. The molecule has 0 aliphatic carbocycles. The van der Waals surface area contributed by atoms with Gasteiger partial charge in [-0.15, -0.1) is 0 Å². The number of halogens is 2. The average molecular weight is 400 g/mol. The molecule has 0 saturated carbocycles. The summed E-state index contributed by atoms with van der Waals surface area (Å²) in [5.74, 6) is -1.35. The van der Waals surface area contributed by atoms with E-state index >= 15 is 0 Å². The van der Waals surface area contributed by atoms with E-state index in [-0.39, 0.29) is 33.7 Å². The lowest BCUT2D eigenvalue weighted by Gasteiger charge is -2.21. The molecule has 0 aromatic heterocycles. The predicted octanol–water partition coefficient (Wildman–Crippen LogP) is 3.87. The molecule has 0 heterocycles. The third-order valence-electron chi connectivity index (χ3n) is 3.88. The van der Waals surface area contributed by atoms with Gasteiger partial charge < -0.3 is 4.74 Å². The number of carbonyl (C=O) groups is 1. The van der Waals surface area contributed by atoms with E-state index in [0.717, 1.165) is 0 Å². The molecule has 0 aliphatic heterocycles. The topological polar surface area (TPSA) is 63.7 Å². The molecule has 0 saturated heterocycles. The minimum Gasteiger partial charge on any atom is -0.457 e. The fourth-order valence-electron chi connectivity index (χ4n) is 2.12. The number of rotatable bonds is 6. The molecule has 2 aromatic carbocycles. The molecule has 5 nitrogen and oxygen atoms in total. The second kappa shape index (κ2) is 8.16. The fourth-order valence-corrected chi connectivity index (χ4v) is 3.75. The van der Waals surface area contributed by atoms with Gasteiger partial charge in [-0.1, -0.05) is 23.7 Å². The monoisotopic (exact) mass is 399 g/mol. The second-order valence-corrected chi connectivity index (χ2v) is 8.32. The van der Waals surface area contributed by atoms with Crippen LogP contribution in [0.5, 0.6) is 0 Å². The van der Waals surface area contributed by atoms with Gasteiger partial charge in [0.25, 0.3) is 0 Å². The van der Waals surface area contributed by atoms with Gasteiger partial charge in [-0.25, -0.2) is 17.6 Å². The van der Waals surface area contributed by atoms with Crippen molar-refractivity contribution in [3.05, 3.63) is 64.4 Å². The van der Waals surface area contributed by atoms with Gasteiger partial charge in [-0.05, 0) is 44.2 Å². The molecular weight excluding hydrogens is 381 g/mol. The van der Waals surface area contributed by atoms with Crippen LogP contribution >= 0.6 is 11.6 Å². The zero-order chi connectivity index (χ0) is 19.5. The van der Waals surface area contributed by atoms with Crippen molar-refractivity contribution < 1.29 is 22.3 Å². The van der Waals surface area contributed by atoms with Gasteiger partial charge in [0.2, 0.25) is 10.0 Å². The smallest absolute Gasteiger partial charge is 0.338 e. The van der Waals surface area contributed by atoms with Crippen LogP contribution in [0.25, 0.3) is 0 Å². The Morgan fingerprint density at radius 3 is 2.50 bits per heavy atom. The predicted molar refractivity (Wildman–Crippen MR) is 97.1 cm³/mol. The third kappa shape index (κ3) is 4.41. The van der Waals surface area contributed by atoms with Crippen LogP contribution in [0.2, 0.25) is 5.02 Å². The van der Waals surface area contributed by atoms with E-state index in [4.69, 9.17) is 16.3 Å². The van der Waals surface area contributed by atoms with Gasteiger partial charge in [-0.3, -0.25) is 0 Å². The first-order valence-corrected chi connectivity index (χ1v) is 9.64. The van der Waals surface area contributed by atoms with Gasteiger partial charge in [-0.2, -0.15) is 4.31 Å². The van der Waals surface area contributed by atoms with E-state index in [1.54, 1.807) is 13.8 Å². The lowest BCUT2D eigenvalue weighted by molar-refractivity contribution is 0.0469. The number of nitrogens with zero attached hydrogens (tertiary/aromatic N) is 1. The summed E-state index contributed by atoms with van der Waals surface area (Å²) in [6.07, 6.45) is 0. The summed E-state index contributed by atoms with van der Waals surface area (Å²) in [5, 5.41) is 0.146. The van der Waals surface area contributed by atoms with Gasteiger partial charge in [0, 0.05) is 18.7 Å². The number of carbonyl (C=O) groups excluding carboxylic acids is 1. The van der Waals surface area contributed by atoms with E-state index in [1.165, 1.54) is 53.8 Å². The Labute approximate surface area is 157 Å². The number of benzene rings is 2. The molecule has 0 spiro atoms. The minimum atomic E-state index is -3.73. The summed E-state index contributed by atoms with van der Waals surface area (Å²) in [6.45, 7) is 3.13. The Hall–Kier alpha value is -1.96. The van der Waals surface area contributed by atoms with Crippen LogP contribution in [0, 0.1) is 5.82 Å². The first-order chi connectivity index (χ1) is 12.1. The second-order valence-electron chi connectivity index (χ2n) is 5.92. The van der Waals surface area contributed by atoms with Crippen molar-refractivity contribution >= 4 is 27.6 Å². The maximum atomic E-state index is 13.7. The summed E-state index contributed by atoms with van der Waals surface area (Å²) < 4.78 is 45.1. The summed E-state index contributed by atoms with van der Waals surface area (Å²) >= 11 is 5.89. The van der Waals surface area contributed by atoms with Gasteiger partial charge >= 0.3 is 5.97 Å². The zero-order valence-electron chi connectivity index (χ0n) is 14.6. The van der Waals surface area contributed by atoms with Crippen LogP contribution in [0.3, 0.4) is 0 Å². The van der Waals surface area contributed by atoms with E-state index in [1.807, 2.05) is 0 Å². The molecule has 0 unspecified atom stereocenters. The fraction of sp³-hybridized carbons (Fsp3) is 0.278. The molecule has 0 amide bonds. The Bertz CT molecular complexity index is 895. The lowest BCUT2D eigenvalue weighted by Crippen LogP contribution is -2.33. The number of hydrogen-bond donors (Lipinski definition) is 0. The highest BCUT2D eigenvalue weighted by Gasteiger charge is 2.24. The summed E-state index contributed by atoms with van der Waals surface area (Å²) in [6, 6.07) is 9.43. The van der Waals surface area contributed by atoms with Gasteiger partial charge in [0.15, 0.2) is 0 Å². The number of esters is 1. The van der Waals surface area contributed by atoms with Crippen molar-refractivity contribution in [1.29, 1.82) is 0 Å². The zero-order valence-corrected chi connectivity index (χ0v) is 16.1. The standard InChI is InChI=1S/C18H19ClFNO4S/c1-12(2)21(3)26(23,24)14-7-4-6-13(10-14)18(22)25-11-15-16(19)8-5-9-17(15)20/h4-10,12H,11H2,1-3H3. The SMILES string of the molecule is CC(C)N(C)S(=O)(=O)c1cccc(C(=O)OCc2c(F)cccc2Cl)c1. The molecule has 140 valence electrons. The molecule has 0 aliphatic rings. The van der Waals surface area contributed by atoms with Crippen LogP contribution in [0.1, 0.15) is 29.8 Å². The van der Waals surface area contributed by atoms with Crippen molar-refractivity contribution in [2.75, 3.05) is 7.05 Å². The van der Waals surface area contributed by atoms with E-state index in [0.29, 0.717) is 0 Å². The summed E-state index contributed by atoms with van der Waals surface area (Å²) in [5.41, 5.74) is 0.113. The Morgan fingerprint density at radius 2 is 1.88 bits per heavy atom. The highest BCUT2D eigenvalue weighted by molar-refractivity contribution is 7.89. The van der Waals surface area contributed by atoms with Crippen LogP contribution in [0.15, 0.2) is 47.4 Å². The summed E-state index contributed by atoms with van der Waals surface area (Å²) in [4.78, 5) is 12.2. The van der Waals surface area contributed by atoms with Crippen molar-refractivity contribution in [2.45, 2.75) is 31.4 Å². The van der Waals surface area contributed by atoms with Crippen molar-refractivity contribution in [1.82, 2.24) is 4.31 Å². The molecule has 0 fully saturated rings. The molecule has 26 heavy (non-hydrogen) atoms. The summed E-state index contributed by atoms with van der Waals surface area (Å²) in [7, 11) is -2.27. The number of hydrogen-bond acceptors (Lipinski definition) is 4. The van der Waals surface area contributed by atoms with Crippen LogP contribution in [-0.2, 0) is 21.4 Å². The largest absolute Gasteiger partial charge is 0.457 e. The third-order valence-corrected chi connectivity index (χ3v) is 6.27. The lowest BCUT2D eigenvalue weighted by atomic mass is 10.2. The molecular formula is C18H19ClFNO4S. The minimum absolute atomic E-state index is 0.0212. The molecule has 2 aromatic rings. The molecule has 8 heteroatoms. The van der Waals surface area contributed by atoms with Gasteiger partial charge in [0.1, 0.15) is 12.4 Å². The van der Waals surface area contributed by atoms with Crippen LogP contribution in [-0.4, -0.2) is 31.8 Å². The molecule has 0 atom stereocenters. The maximum absolute atomic E-state index is 13.7. The van der Waals surface area contributed by atoms with Crippen LogP contribution in [0.4, 0.5) is 4.39 Å². The first kappa shape index (κ1) is 20.4. The molecule has 0 radical (unpaired) electrons. The molecule has 0 bridgehead atoms. The maximum Gasteiger partial charge on any atom is 0.338 e. The van der Waals surface area contributed by atoms with Gasteiger partial charge in [0.05, 0.1) is 15.5 Å². The first-order valence-electron chi connectivity index (χ1n) is 7.82. The molecule has 2 rings (SSSR count). The van der Waals surface area contributed by atoms with E-state index in [2.05, 4.69) is 0 Å².